The van der Waals surface area contributed by atoms with Gasteiger partial charge in [0.15, 0.2) is 0 Å². The zero-order chi connectivity index (χ0) is 16.5. The molecule has 0 atom stereocenters. The number of anilines is 1. The van der Waals surface area contributed by atoms with Crippen LogP contribution in [0.4, 0.5) is 5.69 Å². The van der Waals surface area contributed by atoms with E-state index in [2.05, 4.69) is 11.9 Å². The lowest BCUT2D eigenvalue weighted by Crippen LogP contribution is -2.25. The lowest BCUT2D eigenvalue weighted by atomic mass is 10.1. The van der Waals surface area contributed by atoms with E-state index in [4.69, 9.17) is 15.2 Å². The summed E-state index contributed by atoms with van der Waals surface area (Å²) >= 11 is 0. The highest BCUT2D eigenvalue weighted by Crippen LogP contribution is 2.23. The number of ether oxygens (including phenoxy) is 2. The fraction of sp³-hybridized carbons (Fsp3) is 0.471. The molecule has 5 heteroatoms. The zero-order valence-corrected chi connectivity index (χ0v) is 13.6. The molecule has 1 amide bonds. The minimum absolute atomic E-state index is 0.148. The molecule has 0 fully saturated rings. The van der Waals surface area contributed by atoms with Gasteiger partial charge in [-0.1, -0.05) is 6.58 Å². The lowest BCUT2D eigenvalue weighted by molar-refractivity contribution is 0.0757. The Kier molecular flexibility index (Phi) is 7.46. The molecule has 0 radical (unpaired) electrons. The van der Waals surface area contributed by atoms with Crippen LogP contribution in [0.3, 0.4) is 0 Å². The molecule has 0 aliphatic rings. The zero-order valence-electron chi connectivity index (χ0n) is 13.6. The van der Waals surface area contributed by atoms with Crippen molar-refractivity contribution < 1.29 is 14.3 Å². The van der Waals surface area contributed by atoms with E-state index in [-0.39, 0.29) is 12.0 Å². The quantitative estimate of drug-likeness (QED) is 0.418. The Hall–Kier alpha value is -2.01. The smallest absolute Gasteiger partial charge is 0.251 e. The molecule has 0 aromatic heterocycles. The number of hydrogen-bond acceptors (Lipinski definition) is 4. The van der Waals surface area contributed by atoms with Gasteiger partial charge in [0.25, 0.3) is 5.91 Å². The van der Waals surface area contributed by atoms with Gasteiger partial charge in [-0.3, -0.25) is 4.79 Å². The van der Waals surface area contributed by atoms with Crippen LogP contribution < -0.4 is 15.8 Å². The molecule has 0 saturated heterocycles. The molecule has 1 rings (SSSR count). The maximum atomic E-state index is 12.1. The van der Waals surface area contributed by atoms with E-state index in [1.165, 1.54) is 0 Å². The molecule has 0 saturated carbocycles. The molecule has 0 unspecified atom stereocenters. The number of benzene rings is 1. The molecule has 0 aliphatic heterocycles. The van der Waals surface area contributed by atoms with Gasteiger partial charge in [0.2, 0.25) is 0 Å². The van der Waals surface area contributed by atoms with Gasteiger partial charge in [-0.15, -0.1) is 0 Å². The fourth-order valence-electron chi connectivity index (χ4n) is 1.70. The molecule has 1 aromatic carbocycles. The third-order valence-electron chi connectivity index (χ3n) is 2.81. The van der Waals surface area contributed by atoms with Crippen molar-refractivity contribution in [2.24, 2.45) is 0 Å². The first-order valence-electron chi connectivity index (χ1n) is 7.46. The van der Waals surface area contributed by atoms with Crippen molar-refractivity contribution in [1.29, 1.82) is 0 Å². The highest BCUT2D eigenvalue weighted by atomic mass is 16.5. The Morgan fingerprint density at radius 2 is 2.14 bits per heavy atom. The summed E-state index contributed by atoms with van der Waals surface area (Å²) in [6.07, 6.45) is 0.985. The summed E-state index contributed by atoms with van der Waals surface area (Å²) in [4.78, 5) is 12.1. The van der Waals surface area contributed by atoms with Crippen LogP contribution in [-0.2, 0) is 4.74 Å². The van der Waals surface area contributed by atoms with Crippen molar-refractivity contribution in [3.05, 3.63) is 35.9 Å². The first-order valence-corrected chi connectivity index (χ1v) is 7.46. The fourth-order valence-corrected chi connectivity index (χ4v) is 1.70. The SMILES string of the molecule is C=C(C)COc1cc(C(=O)NCCCOC(C)C)ccc1N. The van der Waals surface area contributed by atoms with Crippen molar-refractivity contribution >= 4 is 11.6 Å². The second kappa shape index (κ2) is 9.10. The molecular weight excluding hydrogens is 280 g/mol. The largest absolute Gasteiger partial charge is 0.487 e. The second-order valence-electron chi connectivity index (χ2n) is 5.53. The van der Waals surface area contributed by atoms with E-state index in [1.807, 2.05) is 20.8 Å². The van der Waals surface area contributed by atoms with Crippen LogP contribution in [0.25, 0.3) is 0 Å². The van der Waals surface area contributed by atoms with Crippen LogP contribution in [0.1, 0.15) is 37.6 Å². The molecule has 3 N–H and O–H groups in total. The van der Waals surface area contributed by atoms with Gasteiger partial charge in [0.05, 0.1) is 11.8 Å². The maximum absolute atomic E-state index is 12.1. The first-order chi connectivity index (χ1) is 10.4. The summed E-state index contributed by atoms with van der Waals surface area (Å²) in [5.74, 6) is 0.350. The summed E-state index contributed by atoms with van der Waals surface area (Å²) < 4.78 is 11.0. The molecule has 122 valence electrons. The highest BCUT2D eigenvalue weighted by Gasteiger charge is 2.09. The van der Waals surface area contributed by atoms with Crippen LogP contribution in [0.2, 0.25) is 0 Å². The van der Waals surface area contributed by atoms with E-state index >= 15 is 0 Å². The number of nitrogen functional groups attached to an aromatic ring is 1. The topological polar surface area (TPSA) is 73.6 Å². The Morgan fingerprint density at radius 1 is 1.41 bits per heavy atom. The molecule has 5 nitrogen and oxygen atoms in total. The van der Waals surface area contributed by atoms with Crippen LogP contribution in [0, 0.1) is 0 Å². The number of amides is 1. The van der Waals surface area contributed by atoms with Crippen LogP contribution >= 0.6 is 0 Å². The van der Waals surface area contributed by atoms with Crippen molar-refractivity contribution in [2.75, 3.05) is 25.5 Å². The highest BCUT2D eigenvalue weighted by molar-refractivity contribution is 5.95. The molecule has 22 heavy (non-hydrogen) atoms. The predicted molar refractivity (Wildman–Crippen MR) is 89.2 cm³/mol. The third kappa shape index (κ3) is 6.63. The van der Waals surface area contributed by atoms with E-state index in [1.54, 1.807) is 18.2 Å². The normalized spacial score (nSPS) is 10.5. The van der Waals surface area contributed by atoms with E-state index < -0.39 is 0 Å². The molecule has 0 aliphatic carbocycles. The van der Waals surface area contributed by atoms with Gasteiger partial charge >= 0.3 is 0 Å². The molecule has 1 aromatic rings. The predicted octanol–water partition coefficient (Wildman–Crippen LogP) is 2.77. The Bertz CT molecular complexity index is 513. The lowest BCUT2D eigenvalue weighted by Gasteiger charge is -2.11. The standard InChI is InChI=1S/C17H26N2O3/c1-12(2)11-22-16-10-14(6-7-15(16)18)17(20)19-8-5-9-21-13(3)4/h6-7,10,13H,1,5,8-9,11,18H2,2-4H3,(H,19,20). The van der Waals surface area contributed by atoms with Crippen LogP contribution in [0.5, 0.6) is 5.75 Å². The van der Waals surface area contributed by atoms with Crippen molar-refractivity contribution in [2.45, 2.75) is 33.3 Å². The molecule has 0 heterocycles. The molecular formula is C17H26N2O3. The van der Waals surface area contributed by atoms with Crippen molar-refractivity contribution in [1.82, 2.24) is 5.32 Å². The van der Waals surface area contributed by atoms with E-state index in [9.17, 15) is 4.79 Å². The number of nitrogens with one attached hydrogen (secondary N) is 1. The van der Waals surface area contributed by atoms with Crippen LogP contribution in [0.15, 0.2) is 30.4 Å². The summed E-state index contributed by atoms with van der Waals surface area (Å²) in [6.45, 7) is 11.2. The maximum Gasteiger partial charge on any atom is 0.251 e. The van der Waals surface area contributed by atoms with Gasteiger partial charge in [0, 0.05) is 18.7 Å². The van der Waals surface area contributed by atoms with Crippen molar-refractivity contribution in [3.8, 4) is 5.75 Å². The average Bonchev–Trinajstić information content (AvgIpc) is 2.45. The van der Waals surface area contributed by atoms with E-state index in [0.29, 0.717) is 36.8 Å². The molecule has 0 spiro atoms. The molecule has 0 bridgehead atoms. The Morgan fingerprint density at radius 3 is 2.77 bits per heavy atom. The number of hydrogen-bond donors (Lipinski definition) is 2. The summed E-state index contributed by atoms with van der Waals surface area (Å²) in [7, 11) is 0. The summed E-state index contributed by atoms with van der Waals surface area (Å²) in [5, 5.41) is 2.85. The summed E-state index contributed by atoms with van der Waals surface area (Å²) in [5.41, 5.74) is 7.76. The van der Waals surface area contributed by atoms with Gasteiger partial charge in [0.1, 0.15) is 12.4 Å². The minimum Gasteiger partial charge on any atom is -0.487 e. The van der Waals surface area contributed by atoms with Crippen LogP contribution in [-0.4, -0.2) is 31.8 Å². The van der Waals surface area contributed by atoms with Gasteiger partial charge in [-0.05, 0) is 51.0 Å². The summed E-state index contributed by atoms with van der Waals surface area (Å²) in [6, 6.07) is 5.01. The van der Waals surface area contributed by atoms with E-state index in [0.717, 1.165) is 12.0 Å². The number of carbonyl (C=O) groups is 1. The Labute approximate surface area is 132 Å². The number of nitrogens with two attached hydrogens (primary N) is 1. The second-order valence-corrected chi connectivity index (χ2v) is 5.53. The van der Waals surface area contributed by atoms with Gasteiger partial charge in [-0.25, -0.2) is 0 Å². The Balaban J connectivity index is 2.51. The van der Waals surface area contributed by atoms with Gasteiger partial charge < -0.3 is 20.5 Å². The van der Waals surface area contributed by atoms with Crippen molar-refractivity contribution in [3.63, 3.8) is 0 Å². The average molecular weight is 306 g/mol. The monoisotopic (exact) mass is 306 g/mol. The number of rotatable bonds is 9. The minimum atomic E-state index is -0.148. The third-order valence-corrected chi connectivity index (χ3v) is 2.81. The van der Waals surface area contributed by atoms with Gasteiger partial charge in [-0.2, -0.15) is 0 Å². The number of carbonyl (C=O) groups excluding carboxylic acids is 1. The first kappa shape index (κ1) is 18.0.